The Kier molecular flexibility index (Phi) is 2.37. The number of benzene rings is 1. The average Bonchev–Trinajstić information content (AvgIpc) is 3.05. The fourth-order valence-corrected chi connectivity index (χ4v) is 1.76. The highest BCUT2D eigenvalue weighted by atomic mass is 16.5. The third-order valence-electron chi connectivity index (χ3n) is 2.87. The first-order valence-electron chi connectivity index (χ1n) is 5.68. The second-order valence-electron chi connectivity index (χ2n) is 4.36. The van der Waals surface area contributed by atoms with Crippen LogP contribution in [0.3, 0.4) is 0 Å². The van der Waals surface area contributed by atoms with Crippen LogP contribution in [0, 0.1) is 17.2 Å². The Morgan fingerprint density at radius 2 is 2.29 bits per heavy atom. The molecule has 0 saturated heterocycles. The summed E-state index contributed by atoms with van der Waals surface area (Å²) >= 11 is 0. The quantitative estimate of drug-likeness (QED) is 0.805. The van der Waals surface area contributed by atoms with Gasteiger partial charge in [-0.1, -0.05) is 11.2 Å². The van der Waals surface area contributed by atoms with Gasteiger partial charge in [0, 0.05) is 12.0 Å². The molecule has 1 fully saturated rings. The molecule has 1 aliphatic carbocycles. The minimum atomic E-state index is 0.498. The van der Waals surface area contributed by atoms with Crippen molar-refractivity contribution in [2.45, 2.75) is 19.3 Å². The van der Waals surface area contributed by atoms with E-state index in [1.165, 1.54) is 12.8 Å². The van der Waals surface area contributed by atoms with Crippen LogP contribution in [0.5, 0.6) is 0 Å². The summed E-state index contributed by atoms with van der Waals surface area (Å²) < 4.78 is 5.21. The second-order valence-corrected chi connectivity index (χ2v) is 4.36. The average molecular weight is 225 g/mol. The lowest BCUT2D eigenvalue weighted by molar-refractivity contribution is 0.421. The molecule has 0 radical (unpaired) electrons. The van der Waals surface area contributed by atoms with E-state index < -0.39 is 0 Å². The molecule has 4 heteroatoms. The Bertz CT molecular complexity index is 578. The van der Waals surface area contributed by atoms with Crippen LogP contribution in [-0.2, 0) is 6.42 Å². The maximum Gasteiger partial charge on any atom is 0.257 e. The molecule has 1 saturated carbocycles. The monoisotopic (exact) mass is 225 g/mol. The van der Waals surface area contributed by atoms with Crippen LogP contribution in [0.1, 0.15) is 24.2 Å². The number of rotatable bonds is 3. The number of aromatic nitrogens is 2. The molecule has 0 unspecified atom stereocenters. The lowest BCUT2D eigenvalue weighted by atomic mass is 10.1. The van der Waals surface area contributed by atoms with Crippen molar-refractivity contribution in [2.75, 3.05) is 0 Å². The summed E-state index contributed by atoms with van der Waals surface area (Å²) in [6.07, 6.45) is 3.45. The standard InChI is InChI=1S/C13H11N3O/c14-8-10-2-1-3-11(6-10)13-15-12(16-17-13)7-9-4-5-9/h1-3,6,9H,4-5,7H2. The van der Waals surface area contributed by atoms with Crippen LogP contribution in [0.2, 0.25) is 0 Å². The Morgan fingerprint density at radius 1 is 1.41 bits per heavy atom. The molecule has 84 valence electrons. The molecule has 0 amide bonds. The largest absolute Gasteiger partial charge is 0.334 e. The molecule has 1 heterocycles. The number of nitriles is 1. The van der Waals surface area contributed by atoms with Gasteiger partial charge in [0.05, 0.1) is 11.6 Å². The molecule has 0 N–H and O–H groups in total. The van der Waals surface area contributed by atoms with Crippen LogP contribution >= 0.6 is 0 Å². The molecule has 0 spiro atoms. The normalized spacial score (nSPS) is 14.5. The zero-order valence-corrected chi connectivity index (χ0v) is 9.26. The highest BCUT2D eigenvalue weighted by Crippen LogP contribution is 2.32. The summed E-state index contributed by atoms with van der Waals surface area (Å²) in [7, 11) is 0. The third kappa shape index (κ3) is 2.18. The van der Waals surface area contributed by atoms with Crippen LogP contribution < -0.4 is 0 Å². The lowest BCUT2D eigenvalue weighted by Gasteiger charge is -1.93. The van der Waals surface area contributed by atoms with Gasteiger partial charge in [-0.25, -0.2) is 0 Å². The Morgan fingerprint density at radius 3 is 3.06 bits per heavy atom. The molecule has 2 aromatic rings. The van der Waals surface area contributed by atoms with Gasteiger partial charge in [-0.3, -0.25) is 0 Å². The van der Waals surface area contributed by atoms with Gasteiger partial charge >= 0.3 is 0 Å². The molecule has 0 bridgehead atoms. The van der Waals surface area contributed by atoms with Crippen molar-refractivity contribution >= 4 is 0 Å². The first-order valence-corrected chi connectivity index (χ1v) is 5.68. The fourth-order valence-electron chi connectivity index (χ4n) is 1.76. The van der Waals surface area contributed by atoms with E-state index in [4.69, 9.17) is 9.78 Å². The van der Waals surface area contributed by atoms with Crippen molar-refractivity contribution in [1.82, 2.24) is 10.1 Å². The van der Waals surface area contributed by atoms with E-state index in [1.54, 1.807) is 12.1 Å². The van der Waals surface area contributed by atoms with Crippen molar-refractivity contribution in [2.24, 2.45) is 5.92 Å². The van der Waals surface area contributed by atoms with Gasteiger partial charge in [-0.15, -0.1) is 0 Å². The topological polar surface area (TPSA) is 62.7 Å². The van der Waals surface area contributed by atoms with Crippen molar-refractivity contribution < 1.29 is 4.52 Å². The Labute approximate surface area is 98.9 Å². The molecule has 17 heavy (non-hydrogen) atoms. The summed E-state index contributed by atoms with van der Waals surface area (Å²) in [4.78, 5) is 4.35. The van der Waals surface area contributed by atoms with E-state index in [1.807, 2.05) is 12.1 Å². The predicted octanol–water partition coefficient (Wildman–Crippen LogP) is 2.56. The van der Waals surface area contributed by atoms with Crippen LogP contribution in [0.25, 0.3) is 11.5 Å². The Hall–Kier alpha value is -2.15. The van der Waals surface area contributed by atoms with Crippen LogP contribution in [0.4, 0.5) is 0 Å². The maximum absolute atomic E-state index is 8.82. The van der Waals surface area contributed by atoms with Crippen LogP contribution in [0.15, 0.2) is 28.8 Å². The fraction of sp³-hybridized carbons (Fsp3) is 0.308. The number of hydrogen-bond acceptors (Lipinski definition) is 4. The van der Waals surface area contributed by atoms with Crippen molar-refractivity contribution in [3.05, 3.63) is 35.7 Å². The highest BCUT2D eigenvalue weighted by molar-refractivity contribution is 5.55. The van der Waals surface area contributed by atoms with Gasteiger partial charge in [0.2, 0.25) is 0 Å². The number of hydrogen-bond donors (Lipinski definition) is 0. The Balaban J connectivity index is 1.86. The zero-order valence-electron chi connectivity index (χ0n) is 9.26. The lowest BCUT2D eigenvalue weighted by Crippen LogP contribution is -1.89. The summed E-state index contributed by atoms with van der Waals surface area (Å²) in [5.74, 6) is 2.01. The summed E-state index contributed by atoms with van der Waals surface area (Å²) in [6.45, 7) is 0. The molecule has 0 atom stereocenters. The van der Waals surface area contributed by atoms with E-state index in [-0.39, 0.29) is 0 Å². The van der Waals surface area contributed by atoms with E-state index in [0.29, 0.717) is 11.5 Å². The second kappa shape index (κ2) is 4.02. The number of nitrogens with zero attached hydrogens (tertiary/aromatic N) is 3. The van der Waals surface area contributed by atoms with Crippen molar-refractivity contribution in [1.29, 1.82) is 5.26 Å². The van der Waals surface area contributed by atoms with E-state index >= 15 is 0 Å². The first-order chi connectivity index (χ1) is 8.35. The minimum absolute atomic E-state index is 0.498. The molecule has 1 aliphatic rings. The highest BCUT2D eigenvalue weighted by Gasteiger charge is 2.24. The molecule has 1 aromatic carbocycles. The summed E-state index contributed by atoms with van der Waals surface area (Å²) in [5.41, 5.74) is 1.41. The summed E-state index contributed by atoms with van der Waals surface area (Å²) in [6, 6.07) is 9.30. The molecule has 4 nitrogen and oxygen atoms in total. The molecule has 3 rings (SSSR count). The van der Waals surface area contributed by atoms with Crippen molar-refractivity contribution in [3.63, 3.8) is 0 Å². The zero-order chi connectivity index (χ0) is 11.7. The van der Waals surface area contributed by atoms with Gasteiger partial charge in [-0.05, 0) is 37.0 Å². The molecule has 1 aromatic heterocycles. The van der Waals surface area contributed by atoms with Gasteiger partial charge in [0.1, 0.15) is 0 Å². The summed E-state index contributed by atoms with van der Waals surface area (Å²) in [5, 5.41) is 12.8. The minimum Gasteiger partial charge on any atom is -0.334 e. The van der Waals surface area contributed by atoms with Crippen LogP contribution in [-0.4, -0.2) is 10.1 Å². The first kappa shape index (κ1) is 10.0. The maximum atomic E-state index is 8.82. The molecular weight excluding hydrogens is 214 g/mol. The van der Waals surface area contributed by atoms with E-state index in [9.17, 15) is 0 Å². The van der Waals surface area contributed by atoms with Gasteiger partial charge in [0.25, 0.3) is 5.89 Å². The van der Waals surface area contributed by atoms with Crippen molar-refractivity contribution in [3.8, 4) is 17.5 Å². The SMILES string of the molecule is N#Cc1cccc(-c2nc(CC3CC3)no2)c1. The molecule has 0 aliphatic heterocycles. The van der Waals surface area contributed by atoms with E-state index in [0.717, 1.165) is 23.7 Å². The third-order valence-corrected chi connectivity index (χ3v) is 2.87. The van der Waals surface area contributed by atoms with E-state index in [2.05, 4.69) is 16.2 Å². The van der Waals surface area contributed by atoms with Gasteiger partial charge in [-0.2, -0.15) is 10.2 Å². The molecular formula is C13H11N3O. The van der Waals surface area contributed by atoms with Gasteiger partial charge in [0.15, 0.2) is 5.82 Å². The smallest absolute Gasteiger partial charge is 0.257 e. The van der Waals surface area contributed by atoms with Gasteiger partial charge < -0.3 is 4.52 Å². The predicted molar refractivity (Wildman–Crippen MR) is 60.9 cm³/mol.